The van der Waals surface area contributed by atoms with Crippen LogP contribution in [0.2, 0.25) is 0 Å². The lowest BCUT2D eigenvalue weighted by Crippen LogP contribution is -2.50. The number of rotatable bonds is 2. The molecule has 0 spiro atoms. The standard InChI is InChI=1S/C24H23N5O3/c30-24(25-17-7-8-21-22(16-17)32-15-14-31-21)28-12-10-27(11-13-28)23-20-6-3-9-29(20)19-5-2-1-4-18(19)26-23/h1-9,16H,10-15H2,(H,25,30). The fraction of sp³-hybridized carbons (Fsp3) is 0.250. The van der Waals surface area contributed by atoms with E-state index in [-0.39, 0.29) is 6.03 Å². The molecule has 6 rings (SSSR count). The summed E-state index contributed by atoms with van der Waals surface area (Å²) in [5.74, 6) is 2.33. The topological polar surface area (TPSA) is 71.3 Å². The van der Waals surface area contributed by atoms with E-state index in [1.807, 2.05) is 47.4 Å². The number of piperazine rings is 1. The molecule has 1 N–H and O–H groups in total. The molecule has 8 heteroatoms. The van der Waals surface area contributed by atoms with Crippen LogP contribution in [0.5, 0.6) is 11.5 Å². The molecule has 4 aromatic rings. The summed E-state index contributed by atoms with van der Waals surface area (Å²) in [4.78, 5) is 21.9. The van der Waals surface area contributed by atoms with Crippen molar-refractivity contribution in [3.63, 3.8) is 0 Å². The lowest BCUT2D eigenvalue weighted by atomic mass is 10.2. The number of benzene rings is 2. The highest BCUT2D eigenvalue weighted by Gasteiger charge is 2.24. The fourth-order valence-electron chi connectivity index (χ4n) is 4.38. The quantitative estimate of drug-likeness (QED) is 0.527. The Morgan fingerprint density at radius 3 is 2.53 bits per heavy atom. The minimum absolute atomic E-state index is 0.111. The zero-order chi connectivity index (χ0) is 21.5. The van der Waals surface area contributed by atoms with E-state index in [1.54, 1.807) is 0 Å². The van der Waals surface area contributed by atoms with Crippen LogP contribution in [0.4, 0.5) is 16.3 Å². The van der Waals surface area contributed by atoms with Gasteiger partial charge in [-0.25, -0.2) is 9.78 Å². The molecule has 2 aromatic carbocycles. The summed E-state index contributed by atoms with van der Waals surface area (Å²) in [6.45, 7) is 3.76. The molecule has 0 saturated carbocycles. The first-order chi connectivity index (χ1) is 15.8. The van der Waals surface area contributed by atoms with E-state index in [0.29, 0.717) is 43.5 Å². The predicted octanol–water partition coefficient (Wildman–Crippen LogP) is 3.61. The zero-order valence-electron chi connectivity index (χ0n) is 17.5. The monoisotopic (exact) mass is 429 g/mol. The second-order valence-corrected chi connectivity index (χ2v) is 7.95. The lowest BCUT2D eigenvalue weighted by Gasteiger charge is -2.35. The van der Waals surface area contributed by atoms with Gasteiger partial charge in [-0.3, -0.25) is 0 Å². The highest BCUT2D eigenvalue weighted by atomic mass is 16.6. The van der Waals surface area contributed by atoms with Gasteiger partial charge in [-0.05, 0) is 36.4 Å². The summed E-state index contributed by atoms with van der Waals surface area (Å²) in [6, 6.07) is 17.7. The van der Waals surface area contributed by atoms with E-state index < -0.39 is 0 Å². The molecule has 162 valence electrons. The van der Waals surface area contributed by atoms with Gasteiger partial charge in [-0.15, -0.1) is 0 Å². The van der Waals surface area contributed by atoms with E-state index in [0.717, 1.165) is 35.5 Å². The lowest BCUT2D eigenvalue weighted by molar-refractivity contribution is 0.171. The third kappa shape index (κ3) is 3.24. The fourth-order valence-corrected chi connectivity index (χ4v) is 4.38. The molecular formula is C24H23N5O3. The molecule has 32 heavy (non-hydrogen) atoms. The van der Waals surface area contributed by atoms with Crippen molar-refractivity contribution >= 4 is 34.1 Å². The van der Waals surface area contributed by atoms with Gasteiger partial charge < -0.3 is 29.0 Å². The largest absolute Gasteiger partial charge is 0.486 e. The van der Waals surface area contributed by atoms with Crippen LogP contribution in [0.25, 0.3) is 16.6 Å². The Hall–Kier alpha value is -3.94. The van der Waals surface area contributed by atoms with Gasteiger partial charge in [-0.1, -0.05) is 12.1 Å². The third-order valence-electron chi connectivity index (χ3n) is 6.01. The predicted molar refractivity (Wildman–Crippen MR) is 123 cm³/mol. The van der Waals surface area contributed by atoms with E-state index in [9.17, 15) is 4.79 Å². The first-order valence-electron chi connectivity index (χ1n) is 10.8. The van der Waals surface area contributed by atoms with Crippen LogP contribution in [0.3, 0.4) is 0 Å². The molecule has 0 radical (unpaired) electrons. The maximum atomic E-state index is 12.8. The summed E-state index contributed by atoms with van der Waals surface area (Å²) in [6.07, 6.45) is 2.07. The molecule has 0 aliphatic carbocycles. The first kappa shape index (κ1) is 18.8. The van der Waals surface area contributed by atoms with Crippen LogP contribution in [0.1, 0.15) is 0 Å². The van der Waals surface area contributed by atoms with Crippen molar-refractivity contribution in [2.75, 3.05) is 49.6 Å². The van der Waals surface area contributed by atoms with Gasteiger partial charge in [0.15, 0.2) is 17.3 Å². The Kier molecular flexibility index (Phi) is 4.49. The molecule has 0 unspecified atom stereocenters. The Bertz CT molecular complexity index is 1310. The van der Waals surface area contributed by atoms with Crippen LogP contribution in [-0.2, 0) is 0 Å². The highest BCUT2D eigenvalue weighted by molar-refractivity contribution is 5.90. The molecule has 2 aromatic heterocycles. The normalized spacial score (nSPS) is 15.9. The summed E-state index contributed by atoms with van der Waals surface area (Å²) in [7, 11) is 0. The van der Waals surface area contributed by atoms with Crippen molar-refractivity contribution in [3.8, 4) is 11.5 Å². The number of carbonyl (C=O) groups excluding carboxylic acids is 1. The van der Waals surface area contributed by atoms with Gasteiger partial charge in [0.1, 0.15) is 13.2 Å². The Balaban J connectivity index is 1.17. The maximum absolute atomic E-state index is 12.8. The second kappa shape index (κ2) is 7.64. The summed E-state index contributed by atoms with van der Waals surface area (Å²) >= 11 is 0. The Morgan fingerprint density at radius 2 is 1.66 bits per heavy atom. The van der Waals surface area contributed by atoms with Crippen LogP contribution in [0, 0.1) is 0 Å². The third-order valence-corrected chi connectivity index (χ3v) is 6.01. The summed E-state index contributed by atoms with van der Waals surface area (Å²) in [5, 5.41) is 2.98. The number of nitrogens with one attached hydrogen (secondary N) is 1. The van der Waals surface area contributed by atoms with Crippen LogP contribution < -0.4 is 19.7 Å². The smallest absolute Gasteiger partial charge is 0.321 e. The summed E-state index contributed by atoms with van der Waals surface area (Å²) in [5.41, 5.74) is 3.84. The van der Waals surface area contributed by atoms with Gasteiger partial charge in [0.05, 0.1) is 16.6 Å². The number of nitrogens with zero attached hydrogens (tertiary/aromatic N) is 4. The number of ether oxygens (including phenoxy) is 2. The second-order valence-electron chi connectivity index (χ2n) is 7.95. The van der Waals surface area contributed by atoms with E-state index in [4.69, 9.17) is 14.5 Å². The molecular weight excluding hydrogens is 406 g/mol. The van der Waals surface area contributed by atoms with Gasteiger partial charge in [0.2, 0.25) is 0 Å². The van der Waals surface area contributed by atoms with Crippen molar-refractivity contribution in [1.29, 1.82) is 0 Å². The van der Waals surface area contributed by atoms with Gasteiger partial charge >= 0.3 is 6.03 Å². The highest BCUT2D eigenvalue weighted by Crippen LogP contribution is 2.33. The van der Waals surface area contributed by atoms with Crippen LogP contribution in [-0.4, -0.2) is 59.7 Å². The minimum atomic E-state index is -0.111. The number of aromatic nitrogens is 2. The first-order valence-corrected chi connectivity index (χ1v) is 10.8. The van der Waals surface area contributed by atoms with Crippen molar-refractivity contribution in [2.45, 2.75) is 0 Å². The molecule has 0 atom stereocenters. The maximum Gasteiger partial charge on any atom is 0.321 e. The van der Waals surface area contributed by atoms with Crippen molar-refractivity contribution < 1.29 is 14.3 Å². The van der Waals surface area contributed by atoms with Crippen molar-refractivity contribution in [1.82, 2.24) is 14.3 Å². The van der Waals surface area contributed by atoms with Gasteiger partial charge in [0.25, 0.3) is 0 Å². The van der Waals surface area contributed by atoms with E-state index in [1.165, 1.54) is 0 Å². The SMILES string of the molecule is O=C(Nc1ccc2c(c1)OCCO2)N1CCN(c2nc3ccccc3n3cccc23)CC1. The summed E-state index contributed by atoms with van der Waals surface area (Å²) < 4.78 is 13.3. The van der Waals surface area contributed by atoms with Crippen LogP contribution >= 0.6 is 0 Å². The number of anilines is 2. The number of para-hydroxylation sites is 2. The number of hydrogen-bond donors (Lipinski definition) is 1. The number of hydrogen-bond acceptors (Lipinski definition) is 5. The number of amides is 2. The molecule has 4 heterocycles. The molecule has 0 bridgehead atoms. The average Bonchev–Trinajstić information content (AvgIpc) is 3.34. The molecule has 1 saturated heterocycles. The molecule has 2 amide bonds. The average molecular weight is 429 g/mol. The number of urea groups is 1. The van der Waals surface area contributed by atoms with Crippen molar-refractivity contribution in [3.05, 3.63) is 60.8 Å². The molecule has 2 aliphatic rings. The van der Waals surface area contributed by atoms with E-state index in [2.05, 4.69) is 32.9 Å². The Labute approximate surface area is 185 Å². The van der Waals surface area contributed by atoms with Gasteiger partial charge in [0, 0.05) is 44.1 Å². The van der Waals surface area contributed by atoms with E-state index >= 15 is 0 Å². The minimum Gasteiger partial charge on any atom is -0.486 e. The molecule has 2 aliphatic heterocycles. The Morgan fingerprint density at radius 1 is 0.875 bits per heavy atom. The van der Waals surface area contributed by atoms with Crippen LogP contribution in [0.15, 0.2) is 60.8 Å². The van der Waals surface area contributed by atoms with Crippen molar-refractivity contribution in [2.24, 2.45) is 0 Å². The number of fused-ring (bicyclic) bond motifs is 4. The number of carbonyl (C=O) groups is 1. The molecule has 1 fully saturated rings. The van der Waals surface area contributed by atoms with Gasteiger partial charge in [-0.2, -0.15) is 0 Å². The zero-order valence-corrected chi connectivity index (χ0v) is 17.5. The molecule has 8 nitrogen and oxygen atoms in total.